The summed E-state index contributed by atoms with van der Waals surface area (Å²) in [6.45, 7) is 0.529. The molecule has 7 nitrogen and oxygen atoms in total. The van der Waals surface area contributed by atoms with Gasteiger partial charge in [-0.1, -0.05) is 40.2 Å². The summed E-state index contributed by atoms with van der Waals surface area (Å²) in [5, 5.41) is 3.22. The van der Waals surface area contributed by atoms with E-state index < -0.39 is 6.04 Å². The van der Waals surface area contributed by atoms with Crippen LogP contribution in [0.1, 0.15) is 12.0 Å². The van der Waals surface area contributed by atoms with Crippen LogP contribution in [-0.4, -0.2) is 34.7 Å². The zero-order chi connectivity index (χ0) is 23.7. The third-order valence-corrected chi connectivity index (χ3v) is 6.58. The molecule has 3 aromatic rings. The number of hydrogen-bond donors (Lipinski definition) is 1. The van der Waals surface area contributed by atoms with E-state index in [0.717, 1.165) is 10.0 Å². The summed E-state index contributed by atoms with van der Waals surface area (Å²) >= 11 is 9.11. The second-order valence-corrected chi connectivity index (χ2v) is 9.16. The minimum absolute atomic E-state index is 0.0388. The molecular weight excluding hydrogens is 518 g/mol. The third kappa shape index (κ3) is 4.49. The Kier molecular flexibility index (Phi) is 6.21. The Bertz CT molecular complexity index is 1250. The first-order valence-corrected chi connectivity index (χ1v) is 11.8. The summed E-state index contributed by atoms with van der Waals surface area (Å²) in [5.74, 6) is 0.829. The molecule has 0 saturated carbocycles. The van der Waals surface area contributed by atoms with Crippen LogP contribution < -0.4 is 19.7 Å². The number of carbonyl (C=O) groups is 2. The lowest BCUT2D eigenvalue weighted by molar-refractivity contribution is -0.124. The van der Waals surface area contributed by atoms with Gasteiger partial charge in [0.1, 0.15) is 6.04 Å². The standard InChI is InChI=1S/C25H20BrN3O4S/c26-17-7-9-18(10-8-17)27-23(30)13-20-24(31)29(19-4-2-1-3-5-19)25(34)28(20)14-16-6-11-21-22(12-16)33-15-32-21/h1-12,20H,13-15H2,(H,27,30)/t20-/m1/s1. The largest absolute Gasteiger partial charge is 0.454 e. The zero-order valence-electron chi connectivity index (χ0n) is 17.9. The van der Waals surface area contributed by atoms with Crippen LogP contribution in [-0.2, 0) is 16.1 Å². The highest BCUT2D eigenvalue weighted by Gasteiger charge is 2.44. The first kappa shape index (κ1) is 22.4. The highest BCUT2D eigenvalue weighted by Crippen LogP contribution is 2.34. The first-order chi connectivity index (χ1) is 16.5. The summed E-state index contributed by atoms with van der Waals surface area (Å²) < 4.78 is 11.8. The smallest absolute Gasteiger partial charge is 0.256 e. The molecule has 1 N–H and O–H groups in total. The van der Waals surface area contributed by atoms with Crippen LogP contribution in [0.3, 0.4) is 0 Å². The topological polar surface area (TPSA) is 71.1 Å². The molecule has 3 aromatic carbocycles. The lowest BCUT2D eigenvalue weighted by Crippen LogP contribution is -2.37. The molecule has 2 aliphatic heterocycles. The number of hydrogen-bond acceptors (Lipinski definition) is 5. The molecule has 5 rings (SSSR count). The van der Waals surface area contributed by atoms with Crippen molar-refractivity contribution in [3.63, 3.8) is 0 Å². The minimum Gasteiger partial charge on any atom is -0.454 e. The number of nitrogens with zero attached hydrogens (tertiary/aromatic N) is 2. The van der Waals surface area contributed by atoms with E-state index in [0.29, 0.717) is 34.5 Å². The van der Waals surface area contributed by atoms with Gasteiger partial charge < -0.3 is 19.7 Å². The van der Waals surface area contributed by atoms with E-state index in [9.17, 15) is 9.59 Å². The molecule has 0 bridgehead atoms. The van der Waals surface area contributed by atoms with Crippen molar-refractivity contribution in [3.8, 4) is 11.5 Å². The van der Waals surface area contributed by atoms with Gasteiger partial charge in [-0.05, 0) is 66.3 Å². The molecule has 0 aliphatic carbocycles. The fraction of sp³-hybridized carbons (Fsp3) is 0.160. The van der Waals surface area contributed by atoms with E-state index in [-0.39, 0.29) is 25.0 Å². The predicted molar refractivity (Wildman–Crippen MR) is 136 cm³/mol. The maximum absolute atomic E-state index is 13.5. The SMILES string of the molecule is O=C(C[C@@H]1C(=O)N(c2ccccc2)C(=S)N1Cc1ccc2c(c1)OCO2)Nc1ccc(Br)cc1. The maximum atomic E-state index is 13.5. The van der Waals surface area contributed by atoms with E-state index in [4.69, 9.17) is 21.7 Å². The molecule has 2 heterocycles. The summed E-state index contributed by atoms with van der Waals surface area (Å²) in [6, 6.07) is 21.4. The normalized spacial score (nSPS) is 16.8. The van der Waals surface area contributed by atoms with E-state index in [1.54, 1.807) is 17.0 Å². The number of halogens is 1. The van der Waals surface area contributed by atoms with Crippen LogP contribution in [0, 0.1) is 0 Å². The molecule has 34 heavy (non-hydrogen) atoms. The van der Waals surface area contributed by atoms with E-state index in [1.165, 1.54) is 4.90 Å². The van der Waals surface area contributed by atoms with Gasteiger partial charge in [0.2, 0.25) is 12.7 Å². The average Bonchev–Trinajstić information content (AvgIpc) is 3.39. The molecule has 172 valence electrons. The highest BCUT2D eigenvalue weighted by atomic mass is 79.9. The minimum atomic E-state index is -0.742. The number of amides is 2. The fourth-order valence-corrected chi connectivity index (χ4v) is 4.64. The van der Waals surface area contributed by atoms with Gasteiger partial charge in [0.15, 0.2) is 16.6 Å². The molecule has 2 amide bonds. The number of fused-ring (bicyclic) bond motifs is 1. The van der Waals surface area contributed by atoms with Crippen molar-refractivity contribution in [2.45, 2.75) is 19.0 Å². The molecular formula is C25H20BrN3O4S. The Morgan fingerprint density at radius 2 is 1.76 bits per heavy atom. The molecule has 2 aliphatic rings. The quantitative estimate of drug-likeness (QED) is 0.459. The van der Waals surface area contributed by atoms with Gasteiger partial charge in [-0.3, -0.25) is 14.5 Å². The van der Waals surface area contributed by atoms with Crippen molar-refractivity contribution in [2.75, 3.05) is 17.0 Å². The van der Waals surface area contributed by atoms with Crippen molar-refractivity contribution < 1.29 is 19.1 Å². The number of benzene rings is 3. The predicted octanol–water partition coefficient (Wildman–Crippen LogP) is 4.71. The average molecular weight is 538 g/mol. The lowest BCUT2D eigenvalue weighted by atomic mass is 10.1. The molecule has 1 fully saturated rings. The molecule has 0 unspecified atom stereocenters. The van der Waals surface area contributed by atoms with Crippen molar-refractivity contribution in [3.05, 3.63) is 82.8 Å². The van der Waals surface area contributed by atoms with Gasteiger partial charge in [-0.15, -0.1) is 0 Å². The van der Waals surface area contributed by atoms with Gasteiger partial charge in [-0.2, -0.15) is 0 Å². The third-order valence-electron chi connectivity index (χ3n) is 5.63. The zero-order valence-corrected chi connectivity index (χ0v) is 20.3. The molecule has 1 saturated heterocycles. The molecule has 0 spiro atoms. The summed E-state index contributed by atoms with van der Waals surface area (Å²) in [4.78, 5) is 29.7. The Morgan fingerprint density at radius 1 is 1.03 bits per heavy atom. The highest BCUT2D eigenvalue weighted by molar-refractivity contribution is 9.10. The number of thiocarbonyl (C=S) groups is 1. The van der Waals surface area contributed by atoms with Crippen LogP contribution >= 0.6 is 28.1 Å². The fourth-order valence-electron chi connectivity index (χ4n) is 3.99. The Morgan fingerprint density at radius 3 is 2.53 bits per heavy atom. The Balaban J connectivity index is 1.40. The first-order valence-electron chi connectivity index (χ1n) is 10.6. The van der Waals surface area contributed by atoms with E-state index in [1.807, 2.05) is 60.7 Å². The monoisotopic (exact) mass is 537 g/mol. The van der Waals surface area contributed by atoms with Crippen molar-refractivity contribution in [2.24, 2.45) is 0 Å². The van der Waals surface area contributed by atoms with Crippen LogP contribution in [0.15, 0.2) is 77.3 Å². The van der Waals surface area contributed by atoms with Crippen LogP contribution in [0.5, 0.6) is 11.5 Å². The number of rotatable bonds is 6. The van der Waals surface area contributed by atoms with Gasteiger partial charge in [-0.25, -0.2) is 0 Å². The molecule has 1 atom stereocenters. The lowest BCUT2D eigenvalue weighted by Gasteiger charge is -2.24. The van der Waals surface area contributed by atoms with Crippen molar-refractivity contribution in [1.82, 2.24) is 4.90 Å². The van der Waals surface area contributed by atoms with Gasteiger partial charge in [0.25, 0.3) is 5.91 Å². The van der Waals surface area contributed by atoms with E-state index in [2.05, 4.69) is 21.2 Å². The van der Waals surface area contributed by atoms with Crippen molar-refractivity contribution >= 4 is 56.4 Å². The summed E-state index contributed by atoms with van der Waals surface area (Å²) in [6.07, 6.45) is -0.0388. The van der Waals surface area contributed by atoms with Gasteiger partial charge >= 0.3 is 0 Å². The Hall–Kier alpha value is -3.43. The summed E-state index contributed by atoms with van der Waals surface area (Å²) in [7, 11) is 0. The van der Waals surface area contributed by atoms with E-state index >= 15 is 0 Å². The van der Waals surface area contributed by atoms with Crippen molar-refractivity contribution in [1.29, 1.82) is 0 Å². The second kappa shape index (κ2) is 9.44. The maximum Gasteiger partial charge on any atom is 0.256 e. The number of nitrogens with one attached hydrogen (secondary N) is 1. The second-order valence-electron chi connectivity index (χ2n) is 7.88. The summed E-state index contributed by atoms with van der Waals surface area (Å²) in [5.41, 5.74) is 2.22. The number of para-hydroxylation sites is 1. The Labute approximate surface area is 210 Å². The number of anilines is 2. The van der Waals surface area contributed by atoms with Gasteiger partial charge in [0, 0.05) is 16.7 Å². The number of ether oxygens (including phenoxy) is 2. The van der Waals surface area contributed by atoms with Crippen LogP contribution in [0.4, 0.5) is 11.4 Å². The molecule has 9 heteroatoms. The molecule has 0 aromatic heterocycles. The van der Waals surface area contributed by atoms with Crippen LogP contribution in [0.2, 0.25) is 0 Å². The van der Waals surface area contributed by atoms with Crippen LogP contribution in [0.25, 0.3) is 0 Å². The van der Waals surface area contributed by atoms with Gasteiger partial charge in [0.05, 0.1) is 12.1 Å². The number of carbonyl (C=O) groups excluding carboxylic acids is 2. The molecule has 0 radical (unpaired) electrons.